The van der Waals surface area contributed by atoms with Crippen molar-refractivity contribution in [2.75, 3.05) is 11.8 Å². The second-order valence-corrected chi connectivity index (χ2v) is 3.81. The molecule has 0 saturated heterocycles. The molecule has 12 heavy (non-hydrogen) atoms. The summed E-state index contributed by atoms with van der Waals surface area (Å²) in [5, 5.41) is 2.08. The molecule has 0 radical (unpaired) electrons. The number of alkyl halides is 3. The van der Waals surface area contributed by atoms with Crippen LogP contribution in [-0.4, -0.2) is 22.6 Å². The van der Waals surface area contributed by atoms with E-state index >= 15 is 0 Å². The van der Waals surface area contributed by atoms with Crippen molar-refractivity contribution in [1.29, 1.82) is 0 Å². The van der Waals surface area contributed by atoms with E-state index in [1.807, 2.05) is 0 Å². The largest absolute Gasteiger partial charge is 0.338 e. The Morgan fingerprint density at radius 3 is 2.67 bits per heavy atom. The van der Waals surface area contributed by atoms with Crippen molar-refractivity contribution in [2.24, 2.45) is 4.99 Å². The van der Waals surface area contributed by atoms with E-state index in [-0.39, 0.29) is 11.8 Å². The number of nitrogens with zero attached hydrogens (tertiary/aromatic N) is 1. The third-order valence-corrected chi connectivity index (χ3v) is 2.55. The molecular weight excluding hydrogens is 242 g/mol. The van der Waals surface area contributed by atoms with Crippen LogP contribution in [0.25, 0.3) is 0 Å². The third kappa shape index (κ3) is 2.43. The van der Waals surface area contributed by atoms with Crippen LogP contribution < -0.4 is 5.32 Å². The molecule has 0 aromatic heterocycles. The second-order valence-electron chi connectivity index (χ2n) is 2.25. The Bertz CT molecular complexity index is 238. The summed E-state index contributed by atoms with van der Waals surface area (Å²) in [6.45, 7) is 0. The summed E-state index contributed by atoms with van der Waals surface area (Å²) < 4.78 is 0. The van der Waals surface area contributed by atoms with Gasteiger partial charge in [-0.2, -0.15) is 0 Å². The standard InChI is InChI=1S/C6H6Cl4N2/c7-2-4-1-5(9)12-6(10,3-8)11-4/h1,12H,2-3H2. The number of halogens is 4. The molecule has 0 aromatic carbocycles. The Balaban J connectivity index is 2.87. The van der Waals surface area contributed by atoms with Crippen molar-refractivity contribution in [2.45, 2.75) is 5.12 Å². The van der Waals surface area contributed by atoms with Gasteiger partial charge >= 0.3 is 0 Å². The highest BCUT2D eigenvalue weighted by atomic mass is 35.5. The van der Waals surface area contributed by atoms with Crippen molar-refractivity contribution >= 4 is 52.1 Å². The summed E-state index contributed by atoms with van der Waals surface area (Å²) in [7, 11) is 0. The van der Waals surface area contributed by atoms with Gasteiger partial charge in [0, 0.05) is 0 Å². The minimum Gasteiger partial charge on any atom is -0.338 e. The molecule has 1 rings (SSSR count). The zero-order chi connectivity index (χ0) is 9.19. The van der Waals surface area contributed by atoms with E-state index in [1.165, 1.54) is 0 Å². The average molecular weight is 248 g/mol. The minimum atomic E-state index is -1.04. The summed E-state index contributed by atoms with van der Waals surface area (Å²) in [6.07, 6.45) is 1.61. The third-order valence-electron chi connectivity index (χ3n) is 1.24. The summed E-state index contributed by atoms with van der Waals surface area (Å²) in [4.78, 5) is 4.05. The summed E-state index contributed by atoms with van der Waals surface area (Å²) in [5.74, 6) is 0.391. The topological polar surface area (TPSA) is 24.4 Å². The summed E-state index contributed by atoms with van der Waals surface area (Å²) >= 11 is 22.8. The van der Waals surface area contributed by atoms with Gasteiger partial charge in [0.25, 0.3) is 0 Å². The van der Waals surface area contributed by atoms with Gasteiger partial charge in [-0.05, 0) is 6.08 Å². The van der Waals surface area contributed by atoms with Crippen molar-refractivity contribution in [3.05, 3.63) is 11.2 Å². The van der Waals surface area contributed by atoms with Crippen LogP contribution in [0.4, 0.5) is 0 Å². The second kappa shape index (κ2) is 4.05. The fourth-order valence-electron chi connectivity index (χ4n) is 0.785. The molecule has 1 heterocycles. The first kappa shape index (κ1) is 10.5. The Kier molecular flexibility index (Phi) is 3.53. The molecule has 0 fully saturated rings. The molecule has 68 valence electrons. The van der Waals surface area contributed by atoms with E-state index < -0.39 is 5.12 Å². The van der Waals surface area contributed by atoms with Gasteiger partial charge in [0.1, 0.15) is 5.16 Å². The normalized spacial score (nSPS) is 29.0. The highest BCUT2D eigenvalue weighted by Crippen LogP contribution is 2.22. The summed E-state index contributed by atoms with van der Waals surface area (Å²) in [6, 6.07) is 0. The maximum Gasteiger partial charge on any atom is 0.220 e. The Morgan fingerprint density at radius 2 is 2.17 bits per heavy atom. The van der Waals surface area contributed by atoms with E-state index in [0.29, 0.717) is 10.9 Å². The van der Waals surface area contributed by atoms with E-state index in [9.17, 15) is 0 Å². The van der Waals surface area contributed by atoms with Gasteiger partial charge in [0.2, 0.25) is 5.12 Å². The molecule has 0 spiro atoms. The molecule has 0 bridgehead atoms. The zero-order valence-electron chi connectivity index (χ0n) is 5.95. The van der Waals surface area contributed by atoms with Gasteiger partial charge in [-0.25, -0.2) is 4.99 Å². The molecule has 0 aliphatic carbocycles. The van der Waals surface area contributed by atoms with Crippen LogP contribution in [-0.2, 0) is 0 Å². The lowest BCUT2D eigenvalue weighted by molar-refractivity contribution is 0.590. The predicted octanol–water partition coefficient (Wildman–Crippen LogP) is 2.48. The van der Waals surface area contributed by atoms with Crippen LogP contribution in [0.15, 0.2) is 16.2 Å². The number of rotatable bonds is 2. The lowest BCUT2D eigenvalue weighted by atomic mass is 10.3. The Hall–Kier alpha value is 0.370. The van der Waals surface area contributed by atoms with Gasteiger partial charge in [0.05, 0.1) is 17.5 Å². The number of aliphatic imine (C=N–C) groups is 1. The maximum atomic E-state index is 5.91. The fraction of sp³-hybridized carbons (Fsp3) is 0.500. The van der Waals surface area contributed by atoms with E-state index in [0.717, 1.165) is 0 Å². The van der Waals surface area contributed by atoms with Crippen LogP contribution >= 0.6 is 46.4 Å². The number of hydrogen-bond acceptors (Lipinski definition) is 2. The first-order chi connectivity index (χ1) is 5.59. The smallest absolute Gasteiger partial charge is 0.220 e. The van der Waals surface area contributed by atoms with Crippen molar-refractivity contribution in [3.8, 4) is 0 Å². The van der Waals surface area contributed by atoms with Gasteiger partial charge in [-0.15, -0.1) is 23.2 Å². The van der Waals surface area contributed by atoms with E-state index in [1.54, 1.807) is 6.08 Å². The Labute approximate surface area is 90.5 Å². The van der Waals surface area contributed by atoms with Crippen LogP contribution in [0, 0.1) is 0 Å². The van der Waals surface area contributed by atoms with Crippen LogP contribution in [0.1, 0.15) is 0 Å². The van der Waals surface area contributed by atoms with Gasteiger partial charge in [0.15, 0.2) is 0 Å². The molecule has 1 unspecified atom stereocenters. The zero-order valence-corrected chi connectivity index (χ0v) is 8.97. The molecule has 0 aromatic rings. The SMILES string of the molecule is ClCC1=NC(Cl)(CCl)NC(Cl)=C1. The molecular formula is C6H6Cl4N2. The van der Waals surface area contributed by atoms with Gasteiger partial charge in [-0.3, -0.25) is 0 Å². The fourth-order valence-corrected chi connectivity index (χ4v) is 1.59. The van der Waals surface area contributed by atoms with E-state index in [4.69, 9.17) is 46.4 Å². The maximum absolute atomic E-state index is 5.91. The lowest BCUT2D eigenvalue weighted by Gasteiger charge is -2.26. The van der Waals surface area contributed by atoms with Crippen LogP contribution in [0.2, 0.25) is 0 Å². The van der Waals surface area contributed by atoms with Crippen LogP contribution in [0.5, 0.6) is 0 Å². The highest BCUT2D eigenvalue weighted by molar-refractivity contribution is 6.38. The molecule has 1 aliphatic rings. The monoisotopic (exact) mass is 246 g/mol. The molecule has 0 amide bonds. The molecule has 2 nitrogen and oxygen atoms in total. The number of nitrogens with one attached hydrogen (secondary N) is 1. The number of allylic oxidation sites excluding steroid dienone is 1. The first-order valence-electron chi connectivity index (χ1n) is 3.14. The van der Waals surface area contributed by atoms with Gasteiger partial charge in [-0.1, -0.05) is 23.2 Å². The first-order valence-corrected chi connectivity index (χ1v) is 4.97. The van der Waals surface area contributed by atoms with Crippen molar-refractivity contribution < 1.29 is 0 Å². The Morgan fingerprint density at radius 1 is 1.50 bits per heavy atom. The quantitative estimate of drug-likeness (QED) is 0.589. The molecule has 1 N–H and O–H groups in total. The molecule has 6 heteroatoms. The average Bonchev–Trinajstić information content (AvgIpc) is 2.03. The van der Waals surface area contributed by atoms with E-state index in [2.05, 4.69) is 10.3 Å². The minimum absolute atomic E-state index is 0.124. The summed E-state index contributed by atoms with van der Waals surface area (Å²) in [5.41, 5.74) is 0.621. The molecule has 0 saturated carbocycles. The van der Waals surface area contributed by atoms with Crippen LogP contribution in [0.3, 0.4) is 0 Å². The van der Waals surface area contributed by atoms with Crippen molar-refractivity contribution in [3.63, 3.8) is 0 Å². The van der Waals surface area contributed by atoms with Crippen molar-refractivity contribution in [1.82, 2.24) is 5.32 Å². The lowest BCUT2D eigenvalue weighted by Crippen LogP contribution is -2.41. The molecule has 1 aliphatic heterocycles. The number of hydrogen-bond donors (Lipinski definition) is 1. The molecule has 1 atom stereocenters. The predicted molar refractivity (Wildman–Crippen MR) is 54.5 cm³/mol. The van der Waals surface area contributed by atoms with Gasteiger partial charge < -0.3 is 5.32 Å². The highest BCUT2D eigenvalue weighted by Gasteiger charge is 2.28.